The summed E-state index contributed by atoms with van der Waals surface area (Å²) in [5, 5.41) is 2.93. The van der Waals surface area contributed by atoms with E-state index in [1.54, 1.807) is 0 Å². The van der Waals surface area contributed by atoms with Crippen molar-refractivity contribution < 1.29 is 4.79 Å². The molecule has 2 aliphatic rings. The molecule has 0 aromatic carbocycles. The van der Waals surface area contributed by atoms with E-state index in [1.807, 2.05) is 6.92 Å². The molecule has 4 unspecified atom stereocenters. The standard InChI is InChI=1S/C13H25N3O/c1-9-3-4-11(8-14)12(7-9)16-6-5-15-13(17)10(16)2/h9-12H,3-8,14H2,1-2H3,(H,15,17). The Labute approximate surface area is 104 Å². The summed E-state index contributed by atoms with van der Waals surface area (Å²) < 4.78 is 0. The van der Waals surface area contributed by atoms with Crippen molar-refractivity contribution in [3.05, 3.63) is 0 Å². The summed E-state index contributed by atoms with van der Waals surface area (Å²) in [5.74, 6) is 1.50. The molecule has 1 amide bonds. The number of nitrogens with two attached hydrogens (primary N) is 1. The molecular formula is C13H25N3O. The quantitative estimate of drug-likeness (QED) is 0.741. The third kappa shape index (κ3) is 2.63. The van der Waals surface area contributed by atoms with Gasteiger partial charge in [-0.1, -0.05) is 13.3 Å². The largest absolute Gasteiger partial charge is 0.353 e. The second-order valence-electron chi connectivity index (χ2n) is 5.69. The zero-order valence-electron chi connectivity index (χ0n) is 11.0. The van der Waals surface area contributed by atoms with E-state index in [9.17, 15) is 4.79 Å². The average Bonchev–Trinajstić information content (AvgIpc) is 2.33. The van der Waals surface area contributed by atoms with Gasteiger partial charge >= 0.3 is 0 Å². The Hall–Kier alpha value is -0.610. The highest BCUT2D eigenvalue weighted by Gasteiger charge is 2.37. The van der Waals surface area contributed by atoms with E-state index in [4.69, 9.17) is 5.73 Å². The molecule has 4 nitrogen and oxygen atoms in total. The first-order valence-corrected chi connectivity index (χ1v) is 6.87. The number of hydrogen-bond acceptors (Lipinski definition) is 3. The molecule has 4 atom stereocenters. The summed E-state index contributed by atoms with van der Waals surface area (Å²) in [7, 11) is 0. The van der Waals surface area contributed by atoms with Gasteiger partial charge in [0.05, 0.1) is 6.04 Å². The average molecular weight is 239 g/mol. The van der Waals surface area contributed by atoms with Crippen molar-refractivity contribution in [2.45, 2.75) is 45.2 Å². The van der Waals surface area contributed by atoms with E-state index in [2.05, 4.69) is 17.1 Å². The lowest BCUT2D eigenvalue weighted by atomic mass is 9.77. The molecule has 0 radical (unpaired) electrons. The highest BCUT2D eigenvalue weighted by atomic mass is 16.2. The molecule has 1 aliphatic carbocycles. The van der Waals surface area contributed by atoms with Crippen LogP contribution in [0.15, 0.2) is 0 Å². The van der Waals surface area contributed by atoms with Crippen LogP contribution in [0, 0.1) is 11.8 Å². The lowest BCUT2D eigenvalue weighted by molar-refractivity contribution is -0.130. The van der Waals surface area contributed by atoms with Crippen LogP contribution in [-0.2, 0) is 4.79 Å². The fraction of sp³-hybridized carbons (Fsp3) is 0.923. The Bertz CT molecular complexity index is 282. The van der Waals surface area contributed by atoms with Crippen molar-refractivity contribution in [2.24, 2.45) is 17.6 Å². The summed E-state index contributed by atoms with van der Waals surface area (Å²) >= 11 is 0. The van der Waals surface area contributed by atoms with Crippen LogP contribution < -0.4 is 11.1 Å². The second kappa shape index (κ2) is 5.36. The Kier molecular flexibility index (Phi) is 4.05. The molecule has 1 heterocycles. The van der Waals surface area contributed by atoms with Gasteiger partial charge in [-0.05, 0) is 38.1 Å². The molecule has 0 bridgehead atoms. The van der Waals surface area contributed by atoms with E-state index in [0.29, 0.717) is 12.0 Å². The van der Waals surface area contributed by atoms with Crippen LogP contribution in [0.2, 0.25) is 0 Å². The van der Waals surface area contributed by atoms with Crippen LogP contribution in [0.4, 0.5) is 0 Å². The Morgan fingerprint density at radius 2 is 2.18 bits per heavy atom. The predicted octanol–water partition coefficient (Wildman–Crippen LogP) is 0.570. The minimum absolute atomic E-state index is 0.00750. The molecule has 0 aromatic heterocycles. The van der Waals surface area contributed by atoms with Crippen LogP contribution in [0.3, 0.4) is 0 Å². The monoisotopic (exact) mass is 239 g/mol. The number of nitrogens with zero attached hydrogens (tertiary/aromatic N) is 1. The first kappa shape index (κ1) is 12.8. The summed E-state index contributed by atoms with van der Waals surface area (Å²) in [6.07, 6.45) is 3.69. The third-order valence-electron chi connectivity index (χ3n) is 4.49. The number of nitrogens with one attached hydrogen (secondary N) is 1. The maximum absolute atomic E-state index is 11.7. The van der Waals surface area contributed by atoms with Crippen LogP contribution in [-0.4, -0.2) is 42.5 Å². The topological polar surface area (TPSA) is 58.4 Å². The van der Waals surface area contributed by atoms with Gasteiger partial charge in [-0.25, -0.2) is 0 Å². The van der Waals surface area contributed by atoms with Crippen LogP contribution in [0.1, 0.15) is 33.1 Å². The molecule has 98 valence electrons. The summed E-state index contributed by atoms with van der Waals surface area (Å²) in [4.78, 5) is 14.1. The van der Waals surface area contributed by atoms with E-state index in [1.165, 1.54) is 19.3 Å². The molecule has 0 aromatic rings. The van der Waals surface area contributed by atoms with E-state index in [0.717, 1.165) is 25.6 Å². The molecule has 2 rings (SSSR count). The number of hydrogen-bond donors (Lipinski definition) is 2. The molecule has 1 saturated carbocycles. The van der Waals surface area contributed by atoms with Crippen molar-refractivity contribution >= 4 is 5.91 Å². The van der Waals surface area contributed by atoms with Crippen molar-refractivity contribution in [3.8, 4) is 0 Å². The van der Waals surface area contributed by atoms with Gasteiger partial charge < -0.3 is 11.1 Å². The smallest absolute Gasteiger partial charge is 0.237 e. The minimum Gasteiger partial charge on any atom is -0.353 e. The molecule has 17 heavy (non-hydrogen) atoms. The Balaban J connectivity index is 2.09. The van der Waals surface area contributed by atoms with E-state index >= 15 is 0 Å². The number of carbonyl (C=O) groups excluding carboxylic acids is 1. The molecule has 3 N–H and O–H groups in total. The SMILES string of the molecule is CC1CCC(CN)C(N2CCNC(=O)C2C)C1. The normalized spacial score (nSPS) is 40.1. The summed E-state index contributed by atoms with van der Waals surface area (Å²) in [6.45, 7) is 6.84. The second-order valence-corrected chi connectivity index (χ2v) is 5.69. The molecular weight excluding hydrogens is 214 g/mol. The van der Waals surface area contributed by atoms with Crippen LogP contribution >= 0.6 is 0 Å². The lowest BCUT2D eigenvalue weighted by Gasteiger charge is -2.45. The van der Waals surface area contributed by atoms with E-state index < -0.39 is 0 Å². The predicted molar refractivity (Wildman–Crippen MR) is 68.5 cm³/mol. The lowest BCUT2D eigenvalue weighted by Crippen LogP contribution is -2.60. The number of rotatable bonds is 2. The first-order chi connectivity index (χ1) is 8.13. The molecule has 0 spiro atoms. The summed E-state index contributed by atoms with van der Waals surface area (Å²) in [6, 6.07) is 0.512. The highest BCUT2D eigenvalue weighted by molar-refractivity contribution is 5.82. The van der Waals surface area contributed by atoms with Crippen molar-refractivity contribution in [1.29, 1.82) is 0 Å². The number of piperazine rings is 1. The zero-order chi connectivity index (χ0) is 12.4. The van der Waals surface area contributed by atoms with Gasteiger partial charge in [0.25, 0.3) is 0 Å². The van der Waals surface area contributed by atoms with Gasteiger partial charge in [0.2, 0.25) is 5.91 Å². The highest BCUT2D eigenvalue weighted by Crippen LogP contribution is 2.33. The van der Waals surface area contributed by atoms with Crippen molar-refractivity contribution in [2.75, 3.05) is 19.6 Å². The maximum Gasteiger partial charge on any atom is 0.237 e. The molecule has 4 heteroatoms. The Morgan fingerprint density at radius 3 is 2.88 bits per heavy atom. The van der Waals surface area contributed by atoms with Gasteiger partial charge in [0.1, 0.15) is 0 Å². The maximum atomic E-state index is 11.7. The number of amides is 1. The molecule has 2 fully saturated rings. The zero-order valence-corrected chi connectivity index (χ0v) is 11.0. The molecule has 1 aliphatic heterocycles. The van der Waals surface area contributed by atoms with Crippen LogP contribution in [0.5, 0.6) is 0 Å². The van der Waals surface area contributed by atoms with Gasteiger partial charge in [-0.3, -0.25) is 9.69 Å². The van der Waals surface area contributed by atoms with Gasteiger partial charge in [0.15, 0.2) is 0 Å². The van der Waals surface area contributed by atoms with Gasteiger partial charge in [0, 0.05) is 19.1 Å². The molecule has 1 saturated heterocycles. The third-order valence-corrected chi connectivity index (χ3v) is 4.49. The number of carbonyl (C=O) groups is 1. The fourth-order valence-corrected chi connectivity index (χ4v) is 3.35. The van der Waals surface area contributed by atoms with Crippen molar-refractivity contribution in [3.63, 3.8) is 0 Å². The summed E-state index contributed by atoms with van der Waals surface area (Å²) in [5.41, 5.74) is 5.90. The first-order valence-electron chi connectivity index (χ1n) is 6.87. The van der Waals surface area contributed by atoms with Gasteiger partial charge in [-0.2, -0.15) is 0 Å². The fourth-order valence-electron chi connectivity index (χ4n) is 3.35. The Morgan fingerprint density at radius 1 is 1.41 bits per heavy atom. The minimum atomic E-state index is 0.00750. The van der Waals surface area contributed by atoms with E-state index in [-0.39, 0.29) is 11.9 Å². The van der Waals surface area contributed by atoms with Gasteiger partial charge in [-0.15, -0.1) is 0 Å². The van der Waals surface area contributed by atoms with Crippen LogP contribution in [0.25, 0.3) is 0 Å². The van der Waals surface area contributed by atoms with Crippen molar-refractivity contribution in [1.82, 2.24) is 10.2 Å².